The first kappa shape index (κ1) is 10.8. The van der Waals surface area contributed by atoms with Crippen molar-refractivity contribution in [3.63, 3.8) is 0 Å². The van der Waals surface area contributed by atoms with Gasteiger partial charge in [0.2, 0.25) is 5.78 Å². The highest BCUT2D eigenvalue weighted by molar-refractivity contribution is 9.10. The summed E-state index contributed by atoms with van der Waals surface area (Å²) in [6, 6.07) is 3.17. The number of rotatable bonds is 3. The van der Waals surface area contributed by atoms with Crippen LogP contribution in [0.25, 0.3) is 0 Å². The van der Waals surface area contributed by atoms with Gasteiger partial charge >= 0.3 is 0 Å². The average molecular weight is 283 g/mol. The zero-order valence-corrected chi connectivity index (χ0v) is 9.68. The quantitative estimate of drug-likeness (QED) is 0.800. The number of hydrogen-bond acceptors (Lipinski definition) is 4. The molecule has 0 saturated heterocycles. The van der Waals surface area contributed by atoms with Crippen LogP contribution in [0.15, 0.2) is 44.6 Å². The van der Waals surface area contributed by atoms with Crippen LogP contribution in [0, 0.1) is 0 Å². The molecule has 2 heterocycles. The third-order valence-corrected chi connectivity index (χ3v) is 2.51. The zero-order chi connectivity index (χ0) is 11.5. The molecule has 0 atom stereocenters. The van der Waals surface area contributed by atoms with E-state index in [-0.39, 0.29) is 23.6 Å². The van der Waals surface area contributed by atoms with Crippen LogP contribution in [-0.2, 0) is 6.54 Å². The third kappa shape index (κ3) is 2.11. The van der Waals surface area contributed by atoms with E-state index >= 15 is 0 Å². The maximum Gasteiger partial charge on any atom is 0.268 e. The summed E-state index contributed by atoms with van der Waals surface area (Å²) in [5, 5.41) is 0. The molecule has 2 rings (SSSR count). The smallest absolute Gasteiger partial charge is 0.268 e. The van der Waals surface area contributed by atoms with Gasteiger partial charge in [-0.1, -0.05) is 0 Å². The summed E-state index contributed by atoms with van der Waals surface area (Å²) < 4.78 is 6.48. The Balaban J connectivity index is 2.25. The molecule has 16 heavy (non-hydrogen) atoms. The van der Waals surface area contributed by atoms with Gasteiger partial charge in [0.25, 0.3) is 5.56 Å². The van der Waals surface area contributed by atoms with Crippen molar-refractivity contribution < 1.29 is 9.21 Å². The Hall–Kier alpha value is -1.69. The highest BCUT2D eigenvalue weighted by Crippen LogP contribution is 2.03. The third-order valence-electron chi connectivity index (χ3n) is 1.97. The van der Waals surface area contributed by atoms with Gasteiger partial charge in [-0.2, -0.15) is 0 Å². The molecule has 0 saturated carbocycles. The predicted octanol–water partition coefficient (Wildman–Crippen LogP) is 1.48. The van der Waals surface area contributed by atoms with E-state index < -0.39 is 0 Å². The first-order chi connectivity index (χ1) is 7.68. The van der Waals surface area contributed by atoms with Crippen molar-refractivity contribution in [3.8, 4) is 0 Å². The molecule has 0 aromatic carbocycles. The highest BCUT2D eigenvalue weighted by Gasteiger charge is 2.11. The number of ketones is 1. The van der Waals surface area contributed by atoms with Crippen molar-refractivity contribution in [1.29, 1.82) is 0 Å². The van der Waals surface area contributed by atoms with E-state index in [1.807, 2.05) is 0 Å². The Kier molecular flexibility index (Phi) is 3.00. The summed E-state index contributed by atoms with van der Waals surface area (Å²) in [5.74, 6) is -0.0427. The lowest BCUT2D eigenvalue weighted by Crippen LogP contribution is -2.24. The van der Waals surface area contributed by atoms with E-state index in [0.29, 0.717) is 4.47 Å². The molecule has 0 bridgehead atoms. The van der Waals surface area contributed by atoms with Gasteiger partial charge in [0.05, 0.1) is 19.1 Å². The molecule has 2 aromatic rings. The minimum Gasteiger partial charge on any atom is -0.461 e. The van der Waals surface area contributed by atoms with Gasteiger partial charge in [0, 0.05) is 6.20 Å². The SMILES string of the molecule is O=C(Cn1cncc(Br)c1=O)c1ccco1. The topological polar surface area (TPSA) is 65.1 Å². The minimum absolute atomic E-state index is 0.0845. The van der Waals surface area contributed by atoms with Gasteiger partial charge in [-0.25, -0.2) is 4.98 Å². The van der Waals surface area contributed by atoms with Crippen molar-refractivity contribution in [2.24, 2.45) is 0 Å². The lowest BCUT2D eigenvalue weighted by atomic mass is 10.3. The molecule has 6 heteroatoms. The molecule has 0 unspecified atom stereocenters. The number of carbonyl (C=O) groups is 1. The number of carbonyl (C=O) groups excluding carboxylic acids is 1. The van der Waals surface area contributed by atoms with Crippen molar-refractivity contribution in [3.05, 3.63) is 51.5 Å². The number of furan rings is 1. The van der Waals surface area contributed by atoms with Crippen LogP contribution in [0.2, 0.25) is 0 Å². The number of hydrogen-bond donors (Lipinski definition) is 0. The summed E-state index contributed by atoms with van der Waals surface area (Å²) in [6.07, 6.45) is 4.11. The maximum atomic E-state index is 11.6. The number of aromatic nitrogens is 2. The molecule has 0 fully saturated rings. The molecule has 0 spiro atoms. The molecule has 5 nitrogen and oxygen atoms in total. The lowest BCUT2D eigenvalue weighted by Gasteiger charge is -2.02. The second kappa shape index (κ2) is 4.44. The second-order valence-corrected chi connectivity index (χ2v) is 3.93. The predicted molar refractivity (Wildman–Crippen MR) is 59.2 cm³/mol. The van der Waals surface area contributed by atoms with E-state index in [9.17, 15) is 9.59 Å². The van der Waals surface area contributed by atoms with Gasteiger partial charge in [0.1, 0.15) is 4.47 Å². The van der Waals surface area contributed by atoms with Gasteiger partial charge < -0.3 is 4.42 Å². The molecular formula is C10H7BrN2O3. The fraction of sp³-hybridized carbons (Fsp3) is 0.100. The molecule has 82 valence electrons. The number of Topliss-reactive ketones (excluding diaryl/α,β-unsaturated/α-hetero) is 1. The van der Waals surface area contributed by atoms with Crippen LogP contribution >= 0.6 is 15.9 Å². The monoisotopic (exact) mass is 282 g/mol. The van der Waals surface area contributed by atoms with E-state index in [1.54, 1.807) is 12.1 Å². The van der Waals surface area contributed by atoms with E-state index in [1.165, 1.54) is 23.4 Å². The highest BCUT2D eigenvalue weighted by atomic mass is 79.9. The van der Waals surface area contributed by atoms with Gasteiger partial charge in [-0.3, -0.25) is 14.2 Å². The summed E-state index contributed by atoms with van der Waals surface area (Å²) in [7, 11) is 0. The van der Waals surface area contributed by atoms with Crippen molar-refractivity contribution in [2.45, 2.75) is 6.54 Å². The average Bonchev–Trinajstić information content (AvgIpc) is 2.78. The van der Waals surface area contributed by atoms with Crippen LogP contribution in [0.4, 0.5) is 0 Å². The summed E-state index contributed by atoms with van der Waals surface area (Å²) in [6.45, 7) is -0.0845. The van der Waals surface area contributed by atoms with E-state index in [2.05, 4.69) is 20.9 Å². The first-order valence-electron chi connectivity index (χ1n) is 4.45. The fourth-order valence-corrected chi connectivity index (χ4v) is 1.55. The van der Waals surface area contributed by atoms with Gasteiger partial charge in [0.15, 0.2) is 5.76 Å². The summed E-state index contributed by atoms with van der Waals surface area (Å²) in [4.78, 5) is 27.0. The normalized spacial score (nSPS) is 10.3. The molecule has 2 aromatic heterocycles. The first-order valence-corrected chi connectivity index (χ1v) is 5.24. The molecule has 0 N–H and O–H groups in total. The Morgan fingerprint density at radius 2 is 2.38 bits per heavy atom. The molecule has 0 radical (unpaired) electrons. The number of nitrogens with zero attached hydrogens (tertiary/aromatic N) is 2. The lowest BCUT2D eigenvalue weighted by molar-refractivity contribution is 0.0943. The fourth-order valence-electron chi connectivity index (χ4n) is 1.21. The molecular weight excluding hydrogens is 276 g/mol. The summed E-state index contributed by atoms with van der Waals surface area (Å²) in [5.41, 5.74) is -0.296. The Bertz CT molecular complexity index is 560. The standard InChI is InChI=1S/C10H7BrN2O3/c11-7-4-12-6-13(10(7)15)5-8(14)9-2-1-3-16-9/h1-4,6H,5H2. The van der Waals surface area contributed by atoms with Crippen LogP contribution in [0.3, 0.4) is 0 Å². The Morgan fingerprint density at radius 3 is 3.06 bits per heavy atom. The molecule has 0 aliphatic rings. The Morgan fingerprint density at radius 1 is 1.56 bits per heavy atom. The van der Waals surface area contributed by atoms with E-state index in [0.717, 1.165) is 0 Å². The number of halogens is 1. The van der Waals surface area contributed by atoms with Gasteiger partial charge in [-0.15, -0.1) is 0 Å². The van der Waals surface area contributed by atoms with E-state index in [4.69, 9.17) is 4.42 Å². The van der Waals surface area contributed by atoms with Crippen LogP contribution in [0.5, 0.6) is 0 Å². The zero-order valence-electron chi connectivity index (χ0n) is 8.09. The molecule has 0 aliphatic heterocycles. The maximum absolute atomic E-state index is 11.6. The van der Waals surface area contributed by atoms with Crippen LogP contribution < -0.4 is 5.56 Å². The van der Waals surface area contributed by atoms with Gasteiger partial charge in [-0.05, 0) is 28.1 Å². The van der Waals surface area contributed by atoms with Crippen molar-refractivity contribution >= 4 is 21.7 Å². The van der Waals surface area contributed by atoms with Crippen molar-refractivity contribution in [1.82, 2.24) is 9.55 Å². The largest absolute Gasteiger partial charge is 0.461 e. The van der Waals surface area contributed by atoms with Crippen LogP contribution in [0.1, 0.15) is 10.6 Å². The molecule has 0 amide bonds. The van der Waals surface area contributed by atoms with Crippen LogP contribution in [-0.4, -0.2) is 15.3 Å². The molecule has 0 aliphatic carbocycles. The minimum atomic E-state index is -0.296. The summed E-state index contributed by atoms with van der Waals surface area (Å²) >= 11 is 3.05. The second-order valence-electron chi connectivity index (χ2n) is 3.08. The van der Waals surface area contributed by atoms with Crippen molar-refractivity contribution in [2.75, 3.05) is 0 Å². The Labute approximate surface area is 98.9 Å².